The van der Waals surface area contributed by atoms with Crippen LogP contribution in [-0.4, -0.2) is 45.4 Å². The van der Waals surface area contributed by atoms with Crippen molar-refractivity contribution in [2.24, 2.45) is 0 Å². The van der Waals surface area contributed by atoms with Crippen LogP contribution in [0.1, 0.15) is 40.2 Å². The number of benzene rings is 3. The fraction of sp³-hybridized carbons (Fsp3) is 0.258. The summed E-state index contributed by atoms with van der Waals surface area (Å²) in [6.07, 6.45) is -1.67. The molecule has 0 bridgehead atoms. The van der Waals surface area contributed by atoms with Gasteiger partial charge in [-0.2, -0.15) is 18.3 Å². The summed E-state index contributed by atoms with van der Waals surface area (Å²) in [5.41, 5.74) is 10.1. The minimum Gasteiger partial charge on any atom is -0.380 e. The molecule has 0 spiro atoms. The predicted octanol–water partition coefficient (Wildman–Crippen LogP) is 6.08. The molecule has 0 saturated carbocycles. The number of hydrogen-bond donors (Lipinski definition) is 1. The van der Waals surface area contributed by atoms with E-state index in [9.17, 15) is 18.0 Å². The van der Waals surface area contributed by atoms with Crippen LogP contribution in [0.5, 0.6) is 0 Å². The molecule has 2 aliphatic heterocycles. The first-order chi connectivity index (χ1) is 20.2. The quantitative estimate of drug-likeness (QED) is 0.274. The zero-order valence-electron chi connectivity index (χ0n) is 22.6. The Morgan fingerprint density at radius 2 is 1.76 bits per heavy atom. The molecule has 1 fully saturated rings. The van der Waals surface area contributed by atoms with Crippen LogP contribution in [0.3, 0.4) is 0 Å². The van der Waals surface area contributed by atoms with Gasteiger partial charge in [0.1, 0.15) is 5.69 Å². The highest BCUT2D eigenvalue weighted by Crippen LogP contribution is 2.36. The number of nitrogens with two attached hydrogens (primary N) is 1. The molecule has 1 saturated heterocycles. The summed E-state index contributed by atoms with van der Waals surface area (Å²) >= 11 is 0. The highest BCUT2D eigenvalue weighted by atomic mass is 19.4. The van der Waals surface area contributed by atoms with E-state index >= 15 is 0 Å². The highest BCUT2D eigenvalue weighted by Gasteiger charge is 2.38. The minimum atomic E-state index is -4.73. The number of nitrogen functional groups attached to an aromatic ring is 1. The number of alkyl halides is 3. The second kappa shape index (κ2) is 10.0. The maximum absolute atomic E-state index is 13.8. The average Bonchev–Trinajstić information content (AvgIpc) is 3.79. The molecule has 5 aromatic rings. The molecular weight excluding hydrogens is 545 g/mol. The molecule has 214 valence electrons. The molecule has 1 amide bonds. The van der Waals surface area contributed by atoms with Gasteiger partial charge in [0, 0.05) is 24.8 Å². The Hall–Kier alpha value is -4.64. The van der Waals surface area contributed by atoms with E-state index in [4.69, 9.17) is 10.3 Å². The molecule has 7 rings (SSSR count). The lowest BCUT2D eigenvalue weighted by Crippen LogP contribution is -2.30. The van der Waals surface area contributed by atoms with Crippen molar-refractivity contribution in [3.63, 3.8) is 0 Å². The van der Waals surface area contributed by atoms with Gasteiger partial charge < -0.3 is 15.2 Å². The van der Waals surface area contributed by atoms with Gasteiger partial charge in [0.05, 0.1) is 11.1 Å². The van der Waals surface area contributed by atoms with E-state index in [-0.39, 0.29) is 17.2 Å². The summed E-state index contributed by atoms with van der Waals surface area (Å²) in [7, 11) is 0. The van der Waals surface area contributed by atoms with E-state index in [1.165, 1.54) is 41.5 Å². The second-order valence-electron chi connectivity index (χ2n) is 10.8. The maximum Gasteiger partial charge on any atom is 0.435 e. The lowest BCUT2D eigenvalue weighted by atomic mass is 10.00. The van der Waals surface area contributed by atoms with Crippen molar-refractivity contribution < 1.29 is 22.5 Å². The summed E-state index contributed by atoms with van der Waals surface area (Å²) in [6, 6.07) is 19.7. The van der Waals surface area contributed by atoms with Crippen LogP contribution in [0, 0.1) is 0 Å². The Labute approximate surface area is 239 Å². The van der Waals surface area contributed by atoms with E-state index in [1.807, 2.05) is 12.1 Å². The van der Waals surface area contributed by atoms with Crippen LogP contribution in [0.2, 0.25) is 0 Å². The molecule has 2 N–H and O–H groups in total. The van der Waals surface area contributed by atoms with E-state index in [0.717, 1.165) is 47.1 Å². The van der Waals surface area contributed by atoms with Crippen molar-refractivity contribution in [2.45, 2.75) is 32.0 Å². The number of likely N-dealkylation sites (tertiary alicyclic amines) is 1. The van der Waals surface area contributed by atoms with Gasteiger partial charge >= 0.3 is 6.18 Å². The Balaban J connectivity index is 1.20. The highest BCUT2D eigenvalue weighted by molar-refractivity contribution is 6.07. The molecule has 11 heteroatoms. The predicted molar refractivity (Wildman–Crippen MR) is 152 cm³/mol. The normalized spacial score (nSPS) is 15.5. The number of halogens is 3. The zero-order chi connectivity index (χ0) is 29.0. The first kappa shape index (κ1) is 26.3. The zero-order valence-corrected chi connectivity index (χ0v) is 22.6. The van der Waals surface area contributed by atoms with Crippen molar-refractivity contribution in [1.82, 2.24) is 19.8 Å². The Morgan fingerprint density at radius 3 is 2.57 bits per heavy atom. The standard InChI is InChI=1S/C31H27F3N6O2/c32-31(33,34)28-17-26(40(36-28)23-7-9-27-24(16-23)29(35)37-42-27)30(41)39-13-10-22-15-21(6-8-25(22)39)20-5-3-4-19(14-20)18-38-11-1-2-12-38/h3-9,14-17H,1-2,10-13,18H2,(H2,35,37). The van der Waals surface area contributed by atoms with Crippen molar-refractivity contribution in [3.05, 3.63) is 89.2 Å². The molecular formula is C31H27F3N6O2. The van der Waals surface area contributed by atoms with Crippen molar-refractivity contribution in [1.29, 1.82) is 0 Å². The monoisotopic (exact) mass is 572 g/mol. The molecule has 0 radical (unpaired) electrons. The lowest BCUT2D eigenvalue weighted by molar-refractivity contribution is -0.141. The molecule has 2 aromatic heterocycles. The SMILES string of the molecule is Nc1noc2ccc(-n3nc(C(F)(F)F)cc3C(=O)N3CCc4cc(-c5cccc(CN6CCCC6)c5)ccc43)cc12. The number of nitrogens with zero attached hydrogens (tertiary/aromatic N) is 5. The van der Waals surface area contributed by atoms with Gasteiger partial charge in [-0.1, -0.05) is 29.4 Å². The summed E-state index contributed by atoms with van der Waals surface area (Å²) in [5.74, 6) is -0.482. The van der Waals surface area contributed by atoms with E-state index in [2.05, 4.69) is 45.5 Å². The van der Waals surface area contributed by atoms with Gasteiger partial charge in [-0.15, -0.1) is 0 Å². The smallest absolute Gasteiger partial charge is 0.380 e. The van der Waals surface area contributed by atoms with Crippen LogP contribution in [0.15, 0.2) is 71.3 Å². The van der Waals surface area contributed by atoms with Crippen molar-refractivity contribution >= 4 is 28.4 Å². The molecule has 4 heterocycles. The van der Waals surface area contributed by atoms with Crippen LogP contribution >= 0.6 is 0 Å². The van der Waals surface area contributed by atoms with Gasteiger partial charge in [0.2, 0.25) is 0 Å². The molecule has 42 heavy (non-hydrogen) atoms. The number of aromatic nitrogens is 3. The average molecular weight is 573 g/mol. The molecule has 8 nitrogen and oxygen atoms in total. The van der Waals surface area contributed by atoms with Gasteiger partial charge in [-0.25, -0.2) is 4.68 Å². The number of rotatable bonds is 5. The number of anilines is 2. The Kier molecular flexibility index (Phi) is 6.27. The van der Waals surface area contributed by atoms with E-state index in [1.54, 1.807) is 0 Å². The molecule has 0 unspecified atom stereocenters. The topological polar surface area (TPSA) is 93.4 Å². The molecule has 0 atom stereocenters. The van der Waals surface area contributed by atoms with Gasteiger partial charge in [-0.05, 0) is 91.0 Å². The number of carbonyl (C=O) groups is 1. The van der Waals surface area contributed by atoms with Gasteiger partial charge in [0.15, 0.2) is 17.1 Å². The number of fused-ring (bicyclic) bond motifs is 2. The third-order valence-electron chi connectivity index (χ3n) is 8.03. The van der Waals surface area contributed by atoms with E-state index in [0.29, 0.717) is 29.6 Å². The summed E-state index contributed by atoms with van der Waals surface area (Å²) in [5, 5.41) is 7.88. The molecule has 2 aliphatic rings. The first-order valence-electron chi connectivity index (χ1n) is 13.8. The fourth-order valence-corrected chi connectivity index (χ4v) is 5.92. The third kappa shape index (κ3) is 4.69. The van der Waals surface area contributed by atoms with Gasteiger partial charge in [-0.3, -0.25) is 9.69 Å². The number of amides is 1. The van der Waals surface area contributed by atoms with Crippen LogP contribution in [-0.2, 0) is 19.1 Å². The van der Waals surface area contributed by atoms with Crippen LogP contribution in [0.4, 0.5) is 24.7 Å². The van der Waals surface area contributed by atoms with Crippen LogP contribution in [0.25, 0.3) is 27.8 Å². The van der Waals surface area contributed by atoms with Gasteiger partial charge in [0.25, 0.3) is 5.91 Å². The Bertz CT molecular complexity index is 1820. The molecule has 0 aliphatic carbocycles. The lowest BCUT2D eigenvalue weighted by Gasteiger charge is -2.18. The molecule has 3 aromatic carbocycles. The summed E-state index contributed by atoms with van der Waals surface area (Å²) < 4.78 is 47.4. The Morgan fingerprint density at radius 1 is 0.952 bits per heavy atom. The minimum absolute atomic E-state index is 0.0915. The first-order valence-corrected chi connectivity index (χ1v) is 13.8. The van der Waals surface area contributed by atoms with Crippen molar-refractivity contribution in [2.75, 3.05) is 30.3 Å². The summed E-state index contributed by atoms with van der Waals surface area (Å²) in [4.78, 5) is 17.8. The maximum atomic E-state index is 13.8. The number of hydrogen-bond acceptors (Lipinski definition) is 6. The van der Waals surface area contributed by atoms with Crippen LogP contribution < -0.4 is 10.6 Å². The summed E-state index contributed by atoms with van der Waals surface area (Å²) in [6.45, 7) is 3.51. The van der Waals surface area contributed by atoms with Crippen molar-refractivity contribution in [3.8, 4) is 16.8 Å². The number of carbonyl (C=O) groups excluding carboxylic acids is 1. The van der Waals surface area contributed by atoms with E-state index < -0.39 is 17.8 Å². The fourth-order valence-electron chi connectivity index (χ4n) is 5.92. The third-order valence-corrected chi connectivity index (χ3v) is 8.03. The largest absolute Gasteiger partial charge is 0.435 e. The second-order valence-corrected chi connectivity index (χ2v) is 10.8.